The molecule has 0 radical (unpaired) electrons. The zero-order valence-electron chi connectivity index (χ0n) is 23.0. The Hall–Kier alpha value is -4.50. The van der Waals surface area contributed by atoms with E-state index < -0.39 is 11.7 Å². The largest absolute Gasteiger partial charge is 0.350 e. The molecule has 216 valence electrons. The molecule has 1 saturated carbocycles. The van der Waals surface area contributed by atoms with Gasteiger partial charge in [-0.2, -0.15) is 0 Å². The third-order valence-electron chi connectivity index (χ3n) is 7.25. The summed E-state index contributed by atoms with van der Waals surface area (Å²) >= 11 is 5.83. The average molecular weight is 589 g/mol. The van der Waals surface area contributed by atoms with Crippen LogP contribution in [0, 0.1) is 5.82 Å². The number of rotatable bonds is 11. The van der Waals surface area contributed by atoms with Crippen LogP contribution in [0.2, 0.25) is 5.02 Å². The highest BCUT2D eigenvalue weighted by Gasteiger charge is 2.34. The maximum Gasteiger partial charge on any atom is 0.251 e. The number of Topliss-reactive ketones (excluding diaryl/α,β-unsaturated/α-hetero) is 1. The van der Waals surface area contributed by atoms with Crippen LogP contribution >= 0.6 is 11.6 Å². The lowest BCUT2D eigenvalue weighted by Gasteiger charge is -2.22. The summed E-state index contributed by atoms with van der Waals surface area (Å²) in [5.41, 5.74) is 2.61. The molecule has 3 aromatic carbocycles. The van der Waals surface area contributed by atoms with Crippen molar-refractivity contribution in [1.82, 2.24) is 20.1 Å². The van der Waals surface area contributed by atoms with E-state index in [9.17, 15) is 23.6 Å². The highest BCUT2D eigenvalue weighted by Crippen LogP contribution is 2.28. The van der Waals surface area contributed by atoms with Gasteiger partial charge in [0, 0.05) is 47.4 Å². The molecule has 42 heavy (non-hydrogen) atoms. The van der Waals surface area contributed by atoms with Crippen molar-refractivity contribution in [3.63, 3.8) is 0 Å². The van der Waals surface area contributed by atoms with Crippen LogP contribution < -0.4 is 10.6 Å². The summed E-state index contributed by atoms with van der Waals surface area (Å²) in [6, 6.07) is 19.1. The van der Waals surface area contributed by atoms with Crippen molar-refractivity contribution >= 4 is 46.0 Å². The van der Waals surface area contributed by atoms with Crippen molar-refractivity contribution in [2.45, 2.75) is 45.4 Å². The van der Waals surface area contributed by atoms with E-state index >= 15 is 0 Å². The molecule has 10 heteroatoms. The van der Waals surface area contributed by atoms with Crippen LogP contribution in [0.1, 0.15) is 51.6 Å². The molecule has 0 atom stereocenters. The number of ketones is 1. The minimum atomic E-state index is -0.594. The molecule has 0 unspecified atom stereocenters. The molecule has 0 aliphatic heterocycles. The number of hydrogen-bond donors (Lipinski definition) is 2. The molecule has 1 fully saturated rings. The predicted molar refractivity (Wildman–Crippen MR) is 158 cm³/mol. The Balaban J connectivity index is 1.31. The highest BCUT2D eigenvalue weighted by molar-refractivity contribution is 6.30. The Kier molecular flexibility index (Phi) is 8.68. The number of carbonyl (C=O) groups excluding carboxylic acids is 4. The number of halogens is 2. The van der Waals surface area contributed by atoms with E-state index in [4.69, 9.17) is 11.6 Å². The average Bonchev–Trinajstić information content (AvgIpc) is 3.77. The van der Waals surface area contributed by atoms with E-state index in [1.54, 1.807) is 35.0 Å². The van der Waals surface area contributed by atoms with Crippen LogP contribution in [-0.4, -0.2) is 45.6 Å². The first-order valence-electron chi connectivity index (χ1n) is 13.7. The number of carbonyl (C=O) groups is 4. The van der Waals surface area contributed by atoms with E-state index in [1.807, 2.05) is 30.3 Å². The molecule has 3 amide bonds. The van der Waals surface area contributed by atoms with Crippen molar-refractivity contribution < 1.29 is 23.6 Å². The quantitative estimate of drug-likeness (QED) is 0.244. The van der Waals surface area contributed by atoms with Gasteiger partial charge < -0.3 is 20.1 Å². The Morgan fingerprint density at radius 3 is 2.45 bits per heavy atom. The van der Waals surface area contributed by atoms with Gasteiger partial charge in [-0.05, 0) is 43.5 Å². The Bertz CT molecular complexity index is 1670. The van der Waals surface area contributed by atoms with Crippen LogP contribution in [0.15, 0.2) is 72.9 Å². The number of nitrogens with zero attached hydrogens (tertiary/aromatic N) is 2. The topological polar surface area (TPSA) is 101 Å². The second-order valence-corrected chi connectivity index (χ2v) is 10.8. The van der Waals surface area contributed by atoms with Gasteiger partial charge in [-0.25, -0.2) is 4.39 Å². The molecule has 1 heterocycles. The van der Waals surface area contributed by atoms with Gasteiger partial charge in [-0.3, -0.25) is 19.2 Å². The fourth-order valence-electron chi connectivity index (χ4n) is 4.86. The third kappa shape index (κ3) is 6.69. The fraction of sp³-hybridized carbons (Fsp3) is 0.250. The van der Waals surface area contributed by atoms with Gasteiger partial charge in [-0.15, -0.1) is 0 Å². The third-order valence-corrected chi connectivity index (χ3v) is 7.55. The van der Waals surface area contributed by atoms with Crippen LogP contribution in [0.4, 0.5) is 4.39 Å². The van der Waals surface area contributed by atoms with Crippen molar-refractivity contribution in [2.75, 3.05) is 6.54 Å². The Morgan fingerprint density at radius 2 is 1.74 bits per heavy atom. The van der Waals surface area contributed by atoms with Crippen LogP contribution in [0.5, 0.6) is 0 Å². The number of benzene rings is 3. The molecule has 2 N–H and O–H groups in total. The fourth-order valence-corrected chi connectivity index (χ4v) is 5.05. The van der Waals surface area contributed by atoms with Gasteiger partial charge >= 0.3 is 0 Å². The lowest BCUT2D eigenvalue weighted by molar-refractivity contribution is -0.137. The smallest absolute Gasteiger partial charge is 0.251 e. The summed E-state index contributed by atoms with van der Waals surface area (Å²) < 4.78 is 15.9. The molecule has 4 aromatic rings. The monoisotopic (exact) mass is 588 g/mol. The molecule has 1 aliphatic rings. The van der Waals surface area contributed by atoms with Gasteiger partial charge in [0.1, 0.15) is 12.4 Å². The van der Waals surface area contributed by atoms with E-state index in [1.165, 1.54) is 24.0 Å². The maximum absolute atomic E-state index is 14.2. The minimum Gasteiger partial charge on any atom is -0.350 e. The molecule has 5 rings (SSSR count). The standard InChI is InChI=1S/C32H30ClFN4O4/c1-20(39)26-17-37(28-14-22(10-13-25(26)28)32(42)36-15-21-6-3-2-4-7-21)19-30(41)38(24-11-12-24)18-29(40)35-16-23-8-5-9-27(33)31(23)34/h2-10,13-14,17,24H,11-12,15-16,18-19H2,1H3,(H,35,40)(H,36,42). The van der Waals surface area contributed by atoms with Crippen molar-refractivity contribution in [3.05, 3.63) is 106 Å². The highest BCUT2D eigenvalue weighted by atomic mass is 35.5. The molecule has 8 nitrogen and oxygen atoms in total. The summed E-state index contributed by atoms with van der Waals surface area (Å²) in [7, 11) is 0. The minimum absolute atomic E-state index is 0.0303. The SMILES string of the molecule is CC(=O)c1cn(CC(=O)N(CC(=O)NCc2cccc(Cl)c2F)C2CC2)c2cc(C(=O)NCc3ccccc3)ccc12. The van der Waals surface area contributed by atoms with Crippen molar-refractivity contribution in [3.8, 4) is 0 Å². The van der Waals surface area contributed by atoms with Gasteiger partial charge in [0.15, 0.2) is 5.78 Å². The van der Waals surface area contributed by atoms with E-state index in [-0.39, 0.29) is 53.9 Å². The van der Waals surface area contributed by atoms with Gasteiger partial charge in [-0.1, -0.05) is 60.1 Å². The van der Waals surface area contributed by atoms with E-state index in [0.29, 0.717) is 28.6 Å². The first-order valence-corrected chi connectivity index (χ1v) is 14.0. The molecule has 1 aromatic heterocycles. The van der Waals surface area contributed by atoms with E-state index in [0.717, 1.165) is 18.4 Å². The normalized spacial score (nSPS) is 12.6. The summed E-state index contributed by atoms with van der Waals surface area (Å²) in [5.74, 6) is -1.76. The summed E-state index contributed by atoms with van der Waals surface area (Å²) in [6.45, 7) is 1.45. The second kappa shape index (κ2) is 12.6. The number of amides is 3. The predicted octanol–water partition coefficient (Wildman–Crippen LogP) is 4.87. The van der Waals surface area contributed by atoms with E-state index in [2.05, 4.69) is 10.6 Å². The van der Waals surface area contributed by atoms with Crippen molar-refractivity contribution in [1.29, 1.82) is 0 Å². The number of fused-ring (bicyclic) bond motifs is 1. The first kappa shape index (κ1) is 29.0. The van der Waals surface area contributed by atoms with Gasteiger partial charge in [0.05, 0.1) is 17.1 Å². The summed E-state index contributed by atoms with van der Waals surface area (Å²) in [4.78, 5) is 53.1. The molecule has 0 spiro atoms. The lowest BCUT2D eigenvalue weighted by atomic mass is 10.1. The zero-order valence-corrected chi connectivity index (χ0v) is 23.8. The zero-order chi connectivity index (χ0) is 29.8. The summed E-state index contributed by atoms with van der Waals surface area (Å²) in [6.07, 6.45) is 3.17. The van der Waals surface area contributed by atoms with Crippen molar-refractivity contribution in [2.24, 2.45) is 0 Å². The molecule has 0 saturated heterocycles. The van der Waals surface area contributed by atoms with Crippen LogP contribution in [0.3, 0.4) is 0 Å². The summed E-state index contributed by atoms with van der Waals surface area (Å²) in [5, 5.41) is 6.16. The second-order valence-electron chi connectivity index (χ2n) is 10.4. The Morgan fingerprint density at radius 1 is 0.976 bits per heavy atom. The maximum atomic E-state index is 14.2. The first-order chi connectivity index (χ1) is 20.2. The van der Waals surface area contributed by atoms with Gasteiger partial charge in [0.25, 0.3) is 5.91 Å². The Labute approximate surface area is 247 Å². The van der Waals surface area contributed by atoms with Crippen LogP contribution in [0.25, 0.3) is 10.9 Å². The number of nitrogens with one attached hydrogen (secondary N) is 2. The number of aromatic nitrogens is 1. The molecular weight excluding hydrogens is 559 g/mol. The number of hydrogen-bond acceptors (Lipinski definition) is 4. The molecule has 1 aliphatic carbocycles. The molecular formula is C32H30ClFN4O4. The van der Waals surface area contributed by atoms with Gasteiger partial charge in [0.2, 0.25) is 11.8 Å². The lowest BCUT2D eigenvalue weighted by Crippen LogP contribution is -2.43. The molecule has 0 bridgehead atoms. The van der Waals surface area contributed by atoms with Crippen LogP contribution in [-0.2, 0) is 29.2 Å².